The average Bonchev–Trinajstić information content (AvgIpc) is 3.38. The van der Waals surface area contributed by atoms with Crippen LogP contribution in [0.25, 0.3) is 0 Å². The number of rotatable bonds is 6. The maximum atomic E-state index is 13.0. The molecule has 36 heavy (non-hydrogen) atoms. The number of piperidine rings is 1. The molecule has 1 amide bonds. The smallest absolute Gasteiger partial charge is 0.338 e. The lowest BCUT2D eigenvalue weighted by Gasteiger charge is -2.47. The molecule has 2 unspecified atom stereocenters. The normalized spacial score (nSPS) is 20.7. The number of Topliss-reactive ketones (excluding diaryl/α,β-unsaturated/α-hetero) is 1. The van der Waals surface area contributed by atoms with Crippen molar-refractivity contribution in [1.29, 1.82) is 0 Å². The van der Waals surface area contributed by atoms with E-state index in [2.05, 4.69) is 10.3 Å². The molecule has 0 aliphatic carbocycles. The molecule has 188 valence electrons. The predicted octanol–water partition coefficient (Wildman–Crippen LogP) is 4.93. The third kappa shape index (κ3) is 5.22. The van der Waals surface area contributed by atoms with Gasteiger partial charge in [-0.15, -0.1) is 11.3 Å². The summed E-state index contributed by atoms with van der Waals surface area (Å²) in [4.78, 5) is 31.9. The molecule has 2 aliphatic heterocycles. The van der Waals surface area contributed by atoms with E-state index in [-0.39, 0.29) is 29.4 Å². The monoisotopic (exact) mass is 513 g/mol. The van der Waals surface area contributed by atoms with Crippen LogP contribution in [0, 0.1) is 17.8 Å². The minimum atomic E-state index is -4.37. The number of hydrogen-bond acceptors (Lipinski definition) is 5. The Morgan fingerprint density at radius 1 is 1.08 bits per heavy atom. The molecule has 0 saturated carbocycles. The van der Waals surface area contributed by atoms with Crippen molar-refractivity contribution in [2.24, 2.45) is 17.8 Å². The van der Waals surface area contributed by atoms with E-state index in [4.69, 9.17) is 0 Å². The standard InChI is InChI=1S/C27H26F3N3O2S/c28-27(29,30)21-3-1-2-18(13-21)12-17-4-6-19(7-5-17)26(35)33-15-20(16-33)22-8-9-31-14-23(22)24(34)25-32-10-11-36-25/h1-7,10-11,13,20,22-23,31H,8-9,12,14-16H2. The molecule has 1 aromatic heterocycles. The van der Waals surface area contributed by atoms with Crippen LogP contribution in [-0.2, 0) is 12.6 Å². The lowest BCUT2D eigenvalue weighted by Crippen LogP contribution is -2.57. The van der Waals surface area contributed by atoms with Crippen molar-refractivity contribution in [2.75, 3.05) is 26.2 Å². The number of alkyl halides is 3. The number of likely N-dealkylation sites (tertiary alicyclic amines) is 1. The van der Waals surface area contributed by atoms with Crippen molar-refractivity contribution < 1.29 is 22.8 Å². The van der Waals surface area contributed by atoms with Crippen LogP contribution in [0.5, 0.6) is 0 Å². The molecule has 2 atom stereocenters. The molecule has 2 saturated heterocycles. The Bertz CT molecular complexity index is 1220. The number of benzene rings is 2. The predicted molar refractivity (Wildman–Crippen MR) is 131 cm³/mol. The largest absolute Gasteiger partial charge is 0.416 e. The second-order valence-corrected chi connectivity index (χ2v) is 10.4. The summed E-state index contributed by atoms with van der Waals surface area (Å²) in [5.41, 5.74) is 1.30. The van der Waals surface area contributed by atoms with Crippen LogP contribution in [0.3, 0.4) is 0 Å². The van der Waals surface area contributed by atoms with Crippen molar-refractivity contribution in [3.8, 4) is 0 Å². The Balaban J connectivity index is 1.18. The molecule has 2 aromatic carbocycles. The summed E-state index contributed by atoms with van der Waals surface area (Å²) >= 11 is 1.37. The van der Waals surface area contributed by atoms with Crippen molar-refractivity contribution in [2.45, 2.75) is 19.0 Å². The first-order valence-electron chi connectivity index (χ1n) is 12.0. The van der Waals surface area contributed by atoms with Gasteiger partial charge in [0.05, 0.1) is 5.56 Å². The summed E-state index contributed by atoms with van der Waals surface area (Å²) in [5, 5.41) is 5.68. The summed E-state index contributed by atoms with van der Waals surface area (Å²) in [6.07, 6.45) is -1.46. The number of hydrogen-bond donors (Lipinski definition) is 1. The number of thiazole rings is 1. The van der Waals surface area contributed by atoms with Gasteiger partial charge in [-0.1, -0.05) is 30.3 Å². The van der Waals surface area contributed by atoms with Crippen LogP contribution < -0.4 is 5.32 Å². The Morgan fingerprint density at radius 2 is 1.86 bits per heavy atom. The number of ketones is 1. The van der Waals surface area contributed by atoms with Gasteiger partial charge in [0, 0.05) is 42.7 Å². The quantitative estimate of drug-likeness (QED) is 0.475. The van der Waals surface area contributed by atoms with Crippen molar-refractivity contribution in [1.82, 2.24) is 15.2 Å². The van der Waals surface area contributed by atoms with Gasteiger partial charge < -0.3 is 10.2 Å². The zero-order valence-corrected chi connectivity index (χ0v) is 20.3. The number of nitrogens with one attached hydrogen (secondary N) is 1. The topological polar surface area (TPSA) is 62.3 Å². The summed E-state index contributed by atoms with van der Waals surface area (Å²) in [6, 6.07) is 12.4. The summed E-state index contributed by atoms with van der Waals surface area (Å²) in [5.74, 6) is 0.408. The van der Waals surface area contributed by atoms with E-state index in [0.29, 0.717) is 42.2 Å². The molecule has 9 heteroatoms. The molecule has 5 rings (SSSR count). The third-order valence-corrected chi connectivity index (χ3v) is 7.97. The van der Waals surface area contributed by atoms with Gasteiger partial charge in [0.15, 0.2) is 10.8 Å². The van der Waals surface area contributed by atoms with Gasteiger partial charge in [0.1, 0.15) is 0 Å². The zero-order chi connectivity index (χ0) is 25.3. The molecular formula is C27H26F3N3O2S. The first-order valence-corrected chi connectivity index (χ1v) is 12.9. The van der Waals surface area contributed by atoms with E-state index >= 15 is 0 Å². The van der Waals surface area contributed by atoms with E-state index < -0.39 is 11.7 Å². The minimum Gasteiger partial charge on any atom is -0.338 e. The van der Waals surface area contributed by atoms with Crippen molar-refractivity contribution >= 4 is 23.0 Å². The van der Waals surface area contributed by atoms with Crippen LogP contribution >= 0.6 is 11.3 Å². The zero-order valence-electron chi connectivity index (χ0n) is 19.5. The maximum Gasteiger partial charge on any atom is 0.416 e. The maximum absolute atomic E-state index is 13.0. The Kier molecular flexibility index (Phi) is 6.94. The molecule has 0 spiro atoms. The Morgan fingerprint density at radius 3 is 2.56 bits per heavy atom. The Labute approximate surface area is 211 Å². The van der Waals surface area contributed by atoms with Crippen molar-refractivity contribution in [3.05, 3.63) is 87.4 Å². The Hall–Kier alpha value is -3.04. The molecule has 5 nitrogen and oxygen atoms in total. The van der Waals surface area contributed by atoms with Gasteiger partial charge in [-0.25, -0.2) is 4.98 Å². The fourth-order valence-electron chi connectivity index (χ4n) is 5.22. The lowest BCUT2D eigenvalue weighted by atomic mass is 9.72. The van der Waals surface area contributed by atoms with E-state index in [9.17, 15) is 22.8 Å². The first kappa shape index (κ1) is 24.6. The number of carbonyl (C=O) groups is 2. The highest BCUT2D eigenvalue weighted by molar-refractivity contribution is 7.11. The second-order valence-electron chi connectivity index (χ2n) is 9.51. The second kappa shape index (κ2) is 10.1. The van der Waals surface area contributed by atoms with Gasteiger partial charge in [0.25, 0.3) is 5.91 Å². The molecular weight excluding hydrogens is 487 g/mol. The van der Waals surface area contributed by atoms with Gasteiger partial charge in [0.2, 0.25) is 0 Å². The average molecular weight is 514 g/mol. The lowest BCUT2D eigenvalue weighted by molar-refractivity contribution is -0.137. The number of aromatic nitrogens is 1. The van der Waals surface area contributed by atoms with Crippen LogP contribution in [0.1, 0.15) is 43.3 Å². The minimum absolute atomic E-state index is 0.0615. The highest BCUT2D eigenvalue weighted by Crippen LogP contribution is 2.36. The molecule has 3 aromatic rings. The van der Waals surface area contributed by atoms with Crippen molar-refractivity contribution in [3.63, 3.8) is 0 Å². The van der Waals surface area contributed by atoms with E-state index in [1.165, 1.54) is 17.4 Å². The number of nitrogens with zero attached hydrogens (tertiary/aromatic N) is 2. The molecule has 1 N–H and O–H groups in total. The highest BCUT2D eigenvalue weighted by Gasteiger charge is 2.43. The number of halogens is 3. The molecule has 3 heterocycles. The van der Waals surface area contributed by atoms with Gasteiger partial charge >= 0.3 is 6.18 Å². The molecule has 2 fully saturated rings. The van der Waals surface area contributed by atoms with E-state index in [1.54, 1.807) is 41.4 Å². The fourth-order valence-corrected chi connectivity index (χ4v) is 5.86. The number of amides is 1. The summed E-state index contributed by atoms with van der Waals surface area (Å²) in [6.45, 7) is 2.75. The number of carbonyl (C=O) groups excluding carboxylic acids is 2. The van der Waals surface area contributed by atoms with E-state index in [0.717, 1.165) is 30.7 Å². The van der Waals surface area contributed by atoms with Crippen LogP contribution in [0.15, 0.2) is 60.1 Å². The molecule has 0 radical (unpaired) electrons. The first-order chi connectivity index (χ1) is 17.3. The van der Waals surface area contributed by atoms with Gasteiger partial charge in [-0.3, -0.25) is 9.59 Å². The summed E-state index contributed by atoms with van der Waals surface area (Å²) in [7, 11) is 0. The van der Waals surface area contributed by atoms with Gasteiger partial charge in [-0.2, -0.15) is 13.2 Å². The summed E-state index contributed by atoms with van der Waals surface area (Å²) < 4.78 is 38.9. The third-order valence-electron chi connectivity index (χ3n) is 7.18. The van der Waals surface area contributed by atoms with Crippen LogP contribution in [-0.4, -0.2) is 47.8 Å². The SMILES string of the molecule is O=C(c1nccs1)C1CNCCC1C1CN(C(=O)c2ccc(Cc3cccc(C(F)(F)F)c3)cc2)C1. The van der Waals surface area contributed by atoms with Gasteiger partial charge in [-0.05, 0) is 60.5 Å². The highest BCUT2D eigenvalue weighted by atomic mass is 32.1. The van der Waals surface area contributed by atoms with Crippen LogP contribution in [0.2, 0.25) is 0 Å². The van der Waals surface area contributed by atoms with E-state index in [1.807, 2.05) is 5.38 Å². The van der Waals surface area contributed by atoms with Crippen LogP contribution in [0.4, 0.5) is 13.2 Å². The molecule has 0 bridgehead atoms. The molecule has 2 aliphatic rings. The fraction of sp³-hybridized carbons (Fsp3) is 0.370.